The van der Waals surface area contributed by atoms with Crippen LogP contribution in [-0.4, -0.2) is 20.1 Å². The molecule has 0 aliphatic rings. The Bertz CT molecular complexity index is 676. The van der Waals surface area contributed by atoms with E-state index in [0.717, 1.165) is 3.57 Å². The number of carbonyl (C=O) groups excluding carboxylic acids is 1. The van der Waals surface area contributed by atoms with Crippen LogP contribution in [0.4, 0.5) is 5.69 Å². The summed E-state index contributed by atoms with van der Waals surface area (Å²) < 4.78 is 11.3. The summed E-state index contributed by atoms with van der Waals surface area (Å²) in [5, 5.41) is 3.26. The van der Waals surface area contributed by atoms with Gasteiger partial charge in [-0.25, -0.2) is 0 Å². The van der Waals surface area contributed by atoms with Gasteiger partial charge >= 0.3 is 0 Å². The van der Waals surface area contributed by atoms with Gasteiger partial charge in [0.05, 0.1) is 28.5 Å². The maximum Gasteiger partial charge on any atom is 0.255 e. The van der Waals surface area contributed by atoms with Gasteiger partial charge in [0.15, 0.2) is 11.5 Å². The first-order valence-electron chi connectivity index (χ1n) is 6.04. The highest BCUT2D eigenvalue weighted by Gasteiger charge is 2.15. The van der Waals surface area contributed by atoms with Crippen molar-refractivity contribution in [2.24, 2.45) is 0 Å². The van der Waals surface area contributed by atoms with Crippen LogP contribution in [0.5, 0.6) is 11.5 Å². The molecule has 21 heavy (non-hydrogen) atoms. The molecule has 0 aromatic heterocycles. The summed E-state index contributed by atoms with van der Waals surface area (Å²) in [7, 11) is 3.09. The number of halogens is 2. The molecule has 1 N–H and O–H groups in total. The van der Waals surface area contributed by atoms with Crippen LogP contribution in [0.15, 0.2) is 36.4 Å². The van der Waals surface area contributed by atoms with Crippen molar-refractivity contribution in [1.82, 2.24) is 0 Å². The highest BCUT2D eigenvalue weighted by molar-refractivity contribution is 14.1. The molecule has 2 rings (SSSR count). The first-order chi connectivity index (χ1) is 10.1. The molecule has 110 valence electrons. The molecule has 2 aromatic carbocycles. The van der Waals surface area contributed by atoms with E-state index in [4.69, 9.17) is 21.1 Å². The van der Waals surface area contributed by atoms with Crippen molar-refractivity contribution in [2.75, 3.05) is 19.5 Å². The Hall–Kier alpha value is -1.47. The van der Waals surface area contributed by atoms with Crippen molar-refractivity contribution in [1.29, 1.82) is 0 Å². The summed E-state index contributed by atoms with van der Waals surface area (Å²) in [4.78, 5) is 12.3. The Morgan fingerprint density at radius 3 is 2.52 bits per heavy atom. The maximum atomic E-state index is 12.3. The Kier molecular flexibility index (Phi) is 5.30. The highest BCUT2D eigenvalue weighted by Crippen LogP contribution is 2.34. The molecule has 0 bridgehead atoms. The second-order valence-corrected chi connectivity index (χ2v) is 5.70. The van der Waals surface area contributed by atoms with Crippen LogP contribution in [0.1, 0.15) is 10.4 Å². The van der Waals surface area contributed by atoms with Crippen LogP contribution in [0.3, 0.4) is 0 Å². The van der Waals surface area contributed by atoms with Gasteiger partial charge in [-0.3, -0.25) is 4.79 Å². The fourth-order valence-electron chi connectivity index (χ4n) is 1.81. The summed E-state index contributed by atoms with van der Waals surface area (Å²) in [5.74, 6) is 0.850. The maximum absolute atomic E-state index is 12.3. The fraction of sp³-hybridized carbons (Fsp3) is 0.133. The summed E-state index contributed by atoms with van der Waals surface area (Å²) >= 11 is 8.13. The molecule has 4 nitrogen and oxygen atoms in total. The van der Waals surface area contributed by atoms with E-state index in [-0.39, 0.29) is 5.91 Å². The van der Waals surface area contributed by atoms with E-state index in [1.54, 1.807) is 43.5 Å². The minimum absolute atomic E-state index is 0.262. The van der Waals surface area contributed by atoms with Crippen LogP contribution in [-0.2, 0) is 0 Å². The van der Waals surface area contributed by atoms with Gasteiger partial charge < -0.3 is 14.8 Å². The number of para-hydroxylation sites is 1. The Balaban J connectivity index is 2.32. The van der Waals surface area contributed by atoms with Crippen LogP contribution < -0.4 is 14.8 Å². The molecule has 0 aliphatic heterocycles. The lowest BCUT2D eigenvalue weighted by Crippen LogP contribution is -2.13. The van der Waals surface area contributed by atoms with E-state index >= 15 is 0 Å². The SMILES string of the molecule is COc1cc(C(=O)Nc2ccccc2Cl)cc(I)c1OC. The summed E-state index contributed by atoms with van der Waals surface area (Å²) in [6, 6.07) is 10.4. The van der Waals surface area contributed by atoms with Crippen LogP contribution in [0.25, 0.3) is 0 Å². The molecule has 0 radical (unpaired) electrons. The van der Waals surface area contributed by atoms with E-state index in [0.29, 0.717) is 27.8 Å². The lowest BCUT2D eigenvalue weighted by atomic mass is 10.2. The topological polar surface area (TPSA) is 47.6 Å². The highest BCUT2D eigenvalue weighted by atomic mass is 127. The first kappa shape index (κ1) is 15.9. The predicted molar refractivity (Wildman–Crippen MR) is 91.7 cm³/mol. The van der Waals surface area contributed by atoms with Crippen LogP contribution in [0.2, 0.25) is 5.02 Å². The number of benzene rings is 2. The Labute approximate surface area is 141 Å². The molecule has 0 unspecified atom stereocenters. The van der Waals surface area contributed by atoms with Crippen molar-refractivity contribution < 1.29 is 14.3 Å². The molecule has 0 heterocycles. The zero-order chi connectivity index (χ0) is 15.4. The molecule has 0 spiro atoms. The molecule has 0 saturated heterocycles. The van der Waals surface area contributed by atoms with Crippen molar-refractivity contribution in [3.05, 3.63) is 50.6 Å². The van der Waals surface area contributed by atoms with E-state index in [9.17, 15) is 4.79 Å². The van der Waals surface area contributed by atoms with Gasteiger partial charge in [-0.15, -0.1) is 0 Å². The van der Waals surface area contributed by atoms with Crippen molar-refractivity contribution in [3.63, 3.8) is 0 Å². The van der Waals surface area contributed by atoms with Gasteiger partial charge in [0.25, 0.3) is 5.91 Å². The van der Waals surface area contributed by atoms with Gasteiger partial charge in [-0.05, 0) is 46.9 Å². The van der Waals surface area contributed by atoms with Gasteiger partial charge in [-0.1, -0.05) is 23.7 Å². The van der Waals surface area contributed by atoms with Crippen molar-refractivity contribution in [3.8, 4) is 11.5 Å². The zero-order valence-corrected chi connectivity index (χ0v) is 14.4. The number of carbonyl (C=O) groups is 1. The average Bonchev–Trinajstić information content (AvgIpc) is 2.48. The number of nitrogens with one attached hydrogen (secondary N) is 1. The molecular formula is C15H13ClINO3. The molecule has 0 atom stereocenters. The Morgan fingerprint density at radius 2 is 1.90 bits per heavy atom. The van der Waals surface area contributed by atoms with Gasteiger partial charge in [0.2, 0.25) is 0 Å². The van der Waals surface area contributed by atoms with Gasteiger partial charge in [0.1, 0.15) is 0 Å². The number of ether oxygens (including phenoxy) is 2. The molecule has 1 amide bonds. The predicted octanol–water partition coefficient (Wildman–Crippen LogP) is 4.21. The second kappa shape index (κ2) is 7.00. The van der Waals surface area contributed by atoms with Crippen LogP contribution in [0, 0.1) is 3.57 Å². The van der Waals surface area contributed by atoms with E-state index < -0.39 is 0 Å². The van der Waals surface area contributed by atoms with E-state index in [1.165, 1.54) is 7.11 Å². The summed E-state index contributed by atoms with van der Waals surface area (Å²) in [6.45, 7) is 0. The van der Waals surface area contributed by atoms with Crippen LogP contribution >= 0.6 is 34.2 Å². The lowest BCUT2D eigenvalue weighted by molar-refractivity contribution is 0.102. The molecule has 2 aromatic rings. The standard InChI is InChI=1S/C15H13ClINO3/c1-20-13-8-9(7-11(17)14(13)21-2)15(19)18-12-6-4-3-5-10(12)16/h3-8H,1-2H3,(H,18,19). The zero-order valence-electron chi connectivity index (χ0n) is 11.4. The average molecular weight is 418 g/mol. The minimum atomic E-state index is -0.262. The van der Waals surface area contributed by atoms with Gasteiger partial charge in [0, 0.05) is 5.56 Å². The van der Waals surface area contributed by atoms with E-state index in [1.807, 2.05) is 0 Å². The number of hydrogen-bond acceptors (Lipinski definition) is 3. The normalized spacial score (nSPS) is 10.1. The third-order valence-corrected chi connectivity index (χ3v) is 3.95. The molecule has 0 saturated carbocycles. The lowest BCUT2D eigenvalue weighted by Gasteiger charge is -2.12. The number of rotatable bonds is 4. The van der Waals surface area contributed by atoms with E-state index in [2.05, 4.69) is 27.9 Å². The molecule has 0 aliphatic carbocycles. The third kappa shape index (κ3) is 3.59. The summed E-state index contributed by atoms with van der Waals surface area (Å²) in [6.07, 6.45) is 0. The van der Waals surface area contributed by atoms with Gasteiger partial charge in [-0.2, -0.15) is 0 Å². The third-order valence-electron chi connectivity index (χ3n) is 2.82. The summed E-state index contributed by atoms with van der Waals surface area (Å²) in [5.41, 5.74) is 1.03. The fourth-order valence-corrected chi connectivity index (χ4v) is 2.81. The van der Waals surface area contributed by atoms with Crippen molar-refractivity contribution >= 4 is 45.8 Å². The smallest absolute Gasteiger partial charge is 0.255 e. The molecule has 0 fully saturated rings. The quantitative estimate of drug-likeness (QED) is 0.758. The van der Waals surface area contributed by atoms with Crippen molar-refractivity contribution in [2.45, 2.75) is 0 Å². The first-order valence-corrected chi connectivity index (χ1v) is 7.50. The number of anilines is 1. The number of hydrogen-bond donors (Lipinski definition) is 1. The number of amides is 1. The molecule has 6 heteroatoms. The minimum Gasteiger partial charge on any atom is -0.493 e. The largest absolute Gasteiger partial charge is 0.493 e. The monoisotopic (exact) mass is 417 g/mol. The Morgan fingerprint density at radius 1 is 1.19 bits per heavy atom. The molecular weight excluding hydrogens is 405 g/mol. The second-order valence-electron chi connectivity index (χ2n) is 4.13. The number of methoxy groups -OCH3 is 2.